The second-order valence-corrected chi connectivity index (χ2v) is 4.61. The molecule has 6 heteroatoms. The molecule has 0 spiro atoms. The molecule has 0 aliphatic heterocycles. The van der Waals surface area contributed by atoms with Crippen molar-refractivity contribution in [3.05, 3.63) is 40.5 Å². The van der Waals surface area contributed by atoms with Gasteiger partial charge in [-0.2, -0.15) is 0 Å². The van der Waals surface area contributed by atoms with E-state index in [-0.39, 0.29) is 11.7 Å². The summed E-state index contributed by atoms with van der Waals surface area (Å²) in [7, 11) is 0. The van der Waals surface area contributed by atoms with Gasteiger partial charge in [0.15, 0.2) is 5.69 Å². The highest BCUT2D eigenvalue weighted by Crippen LogP contribution is 2.23. The Kier molecular flexibility index (Phi) is 3.88. The summed E-state index contributed by atoms with van der Waals surface area (Å²) in [6.45, 7) is 2.04. The maximum atomic E-state index is 10.8. The number of nitrogens with one attached hydrogen (secondary N) is 1. The third-order valence-electron chi connectivity index (χ3n) is 2.45. The van der Waals surface area contributed by atoms with Crippen LogP contribution in [0.15, 0.2) is 29.8 Å². The van der Waals surface area contributed by atoms with E-state index >= 15 is 0 Å². The molecule has 0 bridgehead atoms. The Morgan fingerprint density at radius 2 is 2.39 bits per heavy atom. The monoisotopic (exact) mass is 263 g/mol. The lowest BCUT2D eigenvalue weighted by Gasteiger charge is -2.15. The lowest BCUT2D eigenvalue weighted by Crippen LogP contribution is -2.11. The molecular weight excluding hydrogens is 250 g/mol. The molecule has 0 amide bonds. The quantitative estimate of drug-likeness (QED) is 0.867. The zero-order valence-electron chi connectivity index (χ0n) is 9.83. The van der Waals surface area contributed by atoms with Gasteiger partial charge in [0.2, 0.25) is 0 Å². The van der Waals surface area contributed by atoms with E-state index in [1.54, 1.807) is 29.7 Å². The van der Waals surface area contributed by atoms with Crippen molar-refractivity contribution < 1.29 is 9.90 Å². The van der Waals surface area contributed by atoms with E-state index in [4.69, 9.17) is 5.11 Å². The standard InChI is InChI=1S/C12H13N3O2S/c1-2-8(11-13-6-7-18-11)14-10-5-3-4-9(15-10)12(16)17/h3-8H,2H2,1H3,(H,14,15)(H,16,17). The van der Waals surface area contributed by atoms with E-state index in [0.717, 1.165) is 11.4 Å². The van der Waals surface area contributed by atoms with Crippen molar-refractivity contribution in [1.82, 2.24) is 9.97 Å². The molecule has 94 valence electrons. The smallest absolute Gasteiger partial charge is 0.354 e. The molecule has 0 fully saturated rings. The first-order valence-corrected chi connectivity index (χ1v) is 6.45. The Morgan fingerprint density at radius 1 is 1.56 bits per heavy atom. The van der Waals surface area contributed by atoms with Crippen LogP contribution in [0, 0.1) is 0 Å². The van der Waals surface area contributed by atoms with Crippen molar-refractivity contribution in [3.63, 3.8) is 0 Å². The predicted molar refractivity (Wildman–Crippen MR) is 70.0 cm³/mol. The number of nitrogens with zero attached hydrogens (tertiary/aromatic N) is 2. The molecule has 0 radical (unpaired) electrons. The number of carboxylic acids is 1. The summed E-state index contributed by atoms with van der Waals surface area (Å²) in [5, 5.41) is 15.0. The maximum Gasteiger partial charge on any atom is 0.354 e. The van der Waals surface area contributed by atoms with E-state index < -0.39 is 5.97 Å². The summed E-state index contributed by atoms with van der Waals surface area (Å²) in [6, 6.07) is 4.95. The average molecular weight is 263 g/mol. The molecular formula is C12H13N3O2S. The lowest BCUT2D eigenvalue weighted by molar-refractivity contribution is 0.0690. The second-order valence-electron chi connectivity index (χ2n) is 3.69. The minimum absolute atomic E-state index is 0.0361. The summed E-state index contributed by atoms with van der Waals surface area (Å²) in [6.07, 6.45) is 2.61. The van der Waals surface area contributed by atoms with Gasteiger partial charge in [0, 0.05) is 11.6 Å². The highest BCUT2D eigenvalue weighted by molar-refractivity contribution is 7.09. The minimum atomic E-state index is -1.03. The molecule has 2 rings (SSSR count). The summed E-state index contributed by atoms with van der Waals surface area (Å²) in [5.74, 6) is -0.474. The van der Waals surface area contributed by atoms with Crippen molar-refractivity contribution in [3.8, 4) is 0 Å². The van der Waals surface area contributed by atoms with Gasteiger partial charge >= 0.3 is 5.97 Å². The number of aromatic carboxylic acids is 1. The first kappa shape index (κ1) is 12.5. The van der Waals surface area contributed by atoms with Gasteiger partial charge in [-0.25, -0.2) is 14.8 Å². The Bertz CT molecular complexity index is 528. The first-order chi connectivity index (χ1) is 8.70. The van der Waals surface area contributed by atoms with Crippen LogP contribution in [0.3, 0.4) is 0 Å². The molecule has 2 aromatic heterocycles. The van der Waals surface area contributed by atoms with E-state index in [2.05, 4.69) is 15.3 Å². The second kappa shape index (κ2) is 5.59. The molecule has 5 nitrogen and oxygen atoms in total. The zero-order valence-corrected chi connectivity index (χ0v) is 10.6. The molecule has 0 aromatic carbocycles. The number of carboxylic acid groups (broad SMARTS) is 1. The molecule has 0 aliphatic carbocycles. The molecule has 2 N–H and O–H groups in total. The van der Waals surface area contributed by atoms with Gasteiger partial charge < -0.3 is 10.4 Å². The highest BCUT2D eigenvalue weighted by atomic mass is 32.1. The van der Waals surface area contributed by atoms with Crippen LogP contribution in [-0.2, 0) is 0 Å². The van der Waals surface area contributed by atoms with Crippen LogP contribution in [0.4, 0.5) is 5.82 Å². The van der Waals surface area contributed by atoms with Gasteiger partial charge in [-0.05, 0) is 18.6 Å². The van der Waals surface area contributed by atoms with Crippen LogP contribution < -0.4 is 5.32 Å². The van der Waals surface area contributed by atoms with Gasteiger partial charge in [0.25, 0.3) is 0 Å². The zero-order chi connectivity index (χ0) is 13.0. The fraction of sp³-hybridized carbons (Fsp3) is 0.250. The molecule has 2 aromatic rings. The molecule has 2 heterocycles. The summed E-state index contributed by atoms with van der Waals surface area (Å²) in [5.41, 5.74) is 0.0361. The number of aromatic nitrogens is 2. The number of hydrogen-bond donors (Lipinski definition) is 2. The van der Waals surface area contributed by atoms with Crippen LogP contribution in [0.1, 0.15) is 34.9 Å². The van der Waals surface area contributed by atoms with Crippen LogP contribution in [-0.4, -0.2) is 21.0 Å². The SMILES string of the molecule is CCC(Nc1cccc(C(=O)O)n1)c1nccs1. The van der Waals surface area contributed by atoms with Crippen molar-refractivity contribution in [2.45, 2.75) is 19.4 Å². The fourth-order valence-corrected chi connectivity index (χ4v) is 2.33. The fourth-order valence-electron chi connectivity index (χ4n) is 1.56. The van der Waals surface area contributed by atoms with Crippen molar-refractivity contribution in [1.29, 1.82) is 0 Å². The third-order valence-corrected chi connectivity index (χ3v) is 3.34. The van der Waals surface area contributed by atoms with Gasteiger partial charge in [0.1, 0.15) is 10.8 Å². The average Bonchev–Trinajstić information content (AvgIpc) is 2.90. The third kappa shape index (κ3) is 2.84. The number of hydrogen-bond acceptors (Lipinski definition) is 5. The number of pyridine rings is 1. The Labute approximate surface area is 109 Å². The van der Waals surface area contributed by atoms with E-state index in [0.29, 0.717) is 5.82 Å². The van der Waals surface area contributed by atoms with Gasteiger partial charge in [-0.1, -0.05) is 13.0 Å². The lowest BCUT2D eigenvalue weighted by atomic mass is 10.2. The molecule has 18 heavy (non-hydrogen) atoms. The van der Waals surface area contributed by atoms with Crippen LogP contribution in [0.5, 0.6) is 0 Å². The van der Waals surface area contributed by atoms with E-state index in [1.807, 2.05) is 12.3 Å². The summed E-state index contributed by atoms with van der Waals surface area (Å²) in [4.78, 5) is 19.1. The minimum Gasteiger partial charge on any atom is -0.477 e. The van der Waals surface area contributed by atoms with Crippen molar-refractivity contribution >= 4 is 23.1 Å². The van der Waals surface area contributed by atoms with E-state index in [9.17, 15) is 4.79 Å². The van der Waals surface area contributed by atoms with Crippen molar-refractivity contribution in [2.75, 3.05) is 5.32 Å². The van der Waals surface area contributed by atoms with Gasteiger partial charge in [-0.15, -0.1) is 11.3 Å². The van der Waals surface area contributed by atoms with Crippen LogP contribution in [0.25, 0.3) is 0 Å². The predicted octanol–water partition coefficient (Wildman–Crippen LogP) is 2.80. The Balaban J connectivity index is 2.17. The van der Waals surface area contributed by atoms with Crippen molar-refractivity contribution in [2.24, 2.45) is 0 Å². The Morgan fingerprint density at radius 3 is 3.00 bits per heavy atom. The summed E-state index contributed by atoms with van der Waals surface area (Å²) < 4.78 is 0. The number of anilines is 1. The Hall–Kier alpha value is -1.95. The molecule has 0 saturated carbocycles. The number of rotatable bonds is 5. The topological polar surface area (TPSA) is 75.1 Å². The summed E-state index contributed by atoms with van der Waals surface area (Å²) >= 11 is 1.57. The largest absolute Gasteiger partial charge is 0.477 e. The van der Waals surface area contributed by atoms with Crippen LogP contribution in [0.2, 0.25) is 0 Å². The molecule has 1 atom stereocenters. The maximum absolute atomic E-state index is 10.8. The highest BCUT2D eigenvalue weighted by Gasteiger charge is 2.13. The van der Waals surface area contributed by atoms with Crippen LogP contribution >= 0.6 is 11.3 Å². The molecule has 0 saturated heterocycles. The van der Waals surface area contributed by atoms with Gasteiger partial charge in [-0.3, -0.25) is 0 Å². The first-order valence-electron chi connectivity index (χ1n) is 5.57. The van der Waals surface area contributed by atoms with Gasteiger partial charge in [0.05, 0.1) is 6.04 Å². The molecule has 1 unspecified atom stereocenters. The number of carbonyl (C=O) groups is 1. The van der Waals surface area contributed by atoms with E-state index in [1.165, 1.54) is 6.07 Å². The molecule has 0 aliphatic rings. The normalized spacial score (nSPS) is 12.1. The number of thiazole rings is 1.